The van der Waals surface area contributed by atoms with Gasteiger partial charge >= 0.3 is 0 Å². The predicted octanol–water partition coefficient (Wildman–Crippen LogP) is 4.95. The molecule has 1 fully saturated rings. The zero-order chi connectivity index (χ0) is 22.3. The smallest absolute Gasteiger partial charge is 0.266 e. The maximum Gasteiger partial charge on any atom is 0.266 e. The number of thioether (sulfide) groups is 1. The lowest BCUT2D eigenvalue weighted by Crippen LogP contribution is -2.31. The Morgan fingerprint density at radius 1 is 1.19 bits per heavy atom. The van der Waals surface area contributed by atoms with Crippen molar-refractivity contribution >= 4 is 62.7 Å². The minimum absolute atomic E-state index is 0.141. The first kappa shape index (κ1) is 22.2. The highest BCUT2D eigenvalue weighted by Gasteiger charge is 2.32. The van der Waals surface area contributed by atoms with Crippen LogP contribution in [0.2, 0.25) is 0 Å². The van der Waals surface area contributed by atoms with Crippen molar-refractivity contribution in [1.29, 1.82) is 0 Å². The molecule has 0 saturated carbocycles. The first-order valence-corrected chi connectivity index (χ1v) is 11.9. The fourth-order valence-corrected chi connectivity index (χ4v) is 4.81. The summed E-state index contributed by atoms with van der Waals surface area (Å²) in [7, 11) is 0. The topological polar surface area (TPSA) is 71.5 Å². The normalized spacial score (nSPS) is 14.8. The van der Waals surface area contributed by atoms with Crippen molar-refractivity contribution in [2.24, 2.45) is 0 Å². The first-order valence-electron chi connectivity index (χ1n) is 9.80. The quantitative estimate of drug-likeness (QED) is 0.363. The van der Waals surface area contributed by atoms with Crippen molar-refractivity contribution in [2.45, 2.75) is 13.0 Å². The molecule has 4 rings (SSSR count). The summed E-state index contributed by atoms with van der Waals surface area (Å²) in [6, 6.07) is 17.5. The van der Waals surface area contributed by atoms with Crippen molar-refractivity contribution in [2.75, 3.05) is 11.9 Å². The number of benzene rings is 2. The van der Waals surface area contributed by atoms with E-state index in [1.165, 1.54) is 28.0 Å². The number of nitrogens with zero attached hydrogens (tertiary/aromatic N) is 2. The minimum Gasteiger partial charge on any atom is -0.489 e. The van der Waals surface area contributed by atoms with Crippen LogP contribution in [0.15, 0.2) is 71.1 Å². The third-order valence-corrected chi connectivity index (χ3v) is 6.59. The zero-order valence-electron chi connectivity index (χ0n) is 16.9. The van der Waals surface area contributed by atoms with Crippen LogP contribution >= 0.6 is 35.3 Å². The summed E-state index contributed by atoms with van der Waals surface area (Å²) < 4.78 is 6.31. The maximum atomic E-state index is 12.8. The van der Waals surface area contributed by atoms with Crippen LogP contribution in [0.1, 0.15) is 17.5 Å². The van der Waals surface area contributed by atoms with Crippen LogP contribution in [-0.2, 0) is 16.2 Å². The van der Waals surface area contributed by atoms with Gasteiger partial charge in [-0.2, -0.15) is 0 Å². The second-order valence-corrected chi connectivity index (χ2v) is 9.39. The van der Waals surface area contributed by atoms with E-state index in [-0.39, 0.29) is 24.8 Å². The van der Waals surface area contributed by atoms with Gasteiger partial charge in [-0.15, -0.1) is 11.3 Å². The van der Waals surface area contributed by atoms with Gasteiger partial charge in [-0.05, 0) is 29.3 Å². The first-order chi connectivity index (χ1) is 15.6. The van der Waals surface area contributed by atoms with Gasteiger partial charge in [0.15, 0.2) is 5.13 Å². The van der Waals surface area contributed by atoms with E-state index in [1.807, 2.05) is 54.6 Å². The van der Waals surface area contributed by atoms with Gasteiger partial charge in [0.05, 0.1) is 4.91 Å². The van der Waals surface area contributed by atoms with Crippen LogP contribution in [0.25, 0.3) is 6.08 Å². The molecule has 162 valence electrons. The Labute approximate surface area is 199 Å². The summed E-state index contributed by atoms with van der Waals surface area (Å²) in [4.78, 5) is 30.9. The number of hydrogen-bond donors (Lipinski definition) is 1. The number of aromatic nitrogens is 1. The van der Waals surface area contributed by atoms with E-state index in [1.54, 1.807) is 17.7 Å². The molecule has 0 unspecified atom stereocenters. The predicted molar refractivity (Wildman–Crippen MR) is 132 cm³/mol. The highest BCUT2D eigenvalue weighted by Crippen LogP contribution is 2.33. The summed E-state index contributed by atoms with van der Waals surface area (Å²) in [5.74, 6) is 0.316. The van der Waals surface area contributed by atoms with Crippen molar-refractivity contribution in [1.82, 2.24) is 9.88 Å². The third-order valence-electron chi connectivity index (χ3n) is 4.52. The van der Waals surface area contributed by atoms with Gasteiger partial charge in [-0.1, -0.05) is 66.4 Å². The van der Waals surface area contributed by atoms with Crippen molar-refractivity contribution in [3.8, 4) is 5.75 Å². The largest absolute Gasteiger partial charge is 0.489 e. The maximum absolute atomic E-state index is 12.8. The van der Waals surface area contributed by atoms with Crippen LogP contribution in [0.3, 0.4) is 0 Å². The lowest BCUT2D eigenvalue weighted by atomic mass is 10.2. The number of hydrogen-bond acceptors (Lipinski definition) is 7. The van der Waals surface area contributed by atoms with Crippen LogP contribution < -0.4 is 10.1 Å². The van der Waals surface area contributed by atoms with Gasteiger partial charge in [0.2, 0.25) is 5.91 Å². The number of amides is 2. The van der Waals surface area contributed by atoms with Crippen LogP contribution in [0.5, 0.6) is 5.75 Å². The molecule has 0 aliphatic carbocycles. The number of carbonyl (C=O) groups excluding carboxylic acids is 2. The van der Waals surface area contributed by atoms with Crippen molar-refractivity contribution in [3.05, 3.63) is 82.2 Å². The fourth-order valence-electron chi connectivity index (χ4n) is 2.96. The second kappa shape index (κ2) is 10.5. The van der Waals surface area contributed by atoms with E-state index in [0.29, 0.717) is 21.0 Å². The molecule has 0 atom stereocenters. The molecular weight excluding hydrogens is 462 g/mol. The molecule has 9 heteroatoms. The molecule has 6 nitrogen and oxygen atoms in total. The molecule has 1 aromatic heterocycles. The Balaban J connectivity index is 1.36. The summed E-state index contributed by atoms with van der Waals surface area (Å²) >= 11 is 7.94. The Morgan fingerprint density at radius 2 is 2.03 bits per heavy atom. The Kier molecular flexibility index (Phi) is 7.31. The van der Waals surface area contributed by atoms with E-state index < -0.39 is 0 Å². The van der Waals surface area contributed by atoms with Gasteiger partial charge in [0.1, 0.15) is 16.7 Å². The summed E-state index contributed by atoms with van der Waals surface area (Å²) in [5, 5.41) is 5.03. The molecule has 2 amide bonds. The molecule has 0 radical (unpaired) electrons. The number of carbonyl (C=O) groups is 2. The number of rotatable bonds is 8. The standard InChI is InChI=1S/C23H19N3O3S3/c27-20(25-22-24-10-12-31-22)9-11-26-21(28)19(32-23(26)30)14-17-7-4-8-18(13-17)29-15-16-5-2-1-3-6-16/h1-8,10,12-14H,9,11,15H2,(H,24,25,27)/b19-14-. The van der Waals surface area contributed by atoms with E-state index in [9.17, 15) is 9.59 Å². The zero-order valence-corrected chi connectivity index (χ0v) is 19.3. The van der Waals surface area contributed by atoms with Gasteiger partial charge in [-0.25, -0.2) is 4.98 Å². The molecule has 32 heavy (non-hydrogen) atoms. The fraction of sp³-hybridized carbons (Fsp3) is 0.130. The molecule has 1 saturated heterocycles. The van der Waals surface area contributed by atoms with E-state index >= 15 is 0 Å². The van der Waals surface area contributed by atoms with Gasteiger partial charge in [-0.3, -0.25) is 14.5 Å². The number of nitrogens with one attached hydrogen (secondary N) is 1. The Hall–Kier alpha value is -3.01. The van der Waals surface area contributed by atoms with Crippen LogP contribution in [0, 0.1) is 0 Å². The average Bonchev–Trinajstić information content (AvgIpc) is 3.40. The van der Waals surface area contributed by atoms with Crippen molar-refractivity contribution in [3.63, 3.8) is 0 Å². The molecule has 1 aliphatic heterocycles. The second-order valence-electron chi connectivity index (χ2n) is 6.82. The lowest BCUT2D eigenvalue weighted by Gasteiger charge is -2.13. The number of anilines is 1. The van der Waals surface area contributed by atoms with Gasteiger partial charge in [0, 0.05) is 24.5 Å². The third kappa shape index (κ3) is 5.82. The van der Waals surface area contributed by atoms with Gasteiger partial charge < -0.3 is 10.1 Å². The van der Waals surface area contributed by atoms with Gasteiger partial charge in [0.25, 0.3) is 5.91 Å². The molecule has 3 aromatic rings. The Morgan fingerprint density at radius 3 is 2.81 bits per heavy atom. The minimum atomic E-state index is -0.207. The summed E-state index contributed by atoms with van der Waals surface area (Å²) in [5.41, 5.74) is 1.93. The average molecular weight is 482 g/mol. The monoisotopic (exact) mass is 481 g/mol. The van der Waals surface area contributed by atoms with E-state index in [4.69, 9.17) is 17.0 Å². The molecule has 2 aromatic carbocycles. The molecule has 1 aliphatic rings. The van der Waals surface area contributed by atoms with E-state index in [2.05, 4.69) is 10.3 Å². The van der Waals surface area contributed by atoms with E-state index in [0.717, 1.165) is 16.9 Å². The Bertz CT molecular complexity index is 1150. The number of thiocarbonyl (C=S) groups is 1. The molecule has 0 bridgehead atoms. The lowest BCUT2D eigenvalue weighted by molar-refractivity contribution is -0.122. The van der Waals surface area contributed by atoms with Crippen LogP contribution in [0.4, 0.5) is 5.13 Å². The van der Waals surface area contributed by atoms with Crippen LogP contribution in [-0.4, -0.2) is 32.6 Å². The number of ether oxygens (including phenoxy) is 1. The summed E-state index contributed by atoms with van der Waals surface area (Å²) in [6.45, 7) is 0.689. The van der Waals surface area contributed by atoms with Crippen molar-refractivity contribution < 1.29 is 14.3 Å². The molecule has 1 N–H and O–H groups in total. The molecule has 2 heterocycles. The highest BCUT2D eigenvalue weighted by atomic mass is 32.2. The molecular formula is C23H19N3O3S3. The number of thiazole rings is 1. The highest BCUT2D eigenvalue weighted by molar-refractivity contribution is 8.26. The summed E-state index contributed by atoms with van der Waals surface area (Å²) in [6.07, 6.45) is 3.56. The SMILES string of the molecule is O=C(CCN1C(=O)/C(=C/c2cccc(OCc3ccccc3)c2)SC1=S)Nc1nccs1. The molecule has 0 spiro atoms.